The van der Waals surface area contributed by atoms with Gasteiger partial charge in [-0.2, -0.15) is 0 Å². The Kier molecular flexibility index (Phi) is 4.54. The number of rotatable bonds is 5. The van der Waals surface area contributed by atoms with Gasteiger partial charge in [0.1, 0.15) is 0 Å². The van der Waals surface area contributed by atoms with Crippen LogP contribution in [0.5, 0.6) is 0 Å². The van der Waals surface area contributed by atoms with Gasteiger partial charge in [-0.25, -0.2) is 0 Å². The SMILES string of the molecule is CC(Cc1cccs1)NCC1CCCc2ccccc21. The average molecular weight is 285 g/mol. The van der Waals surface area contributed by atoms with E-state index in [1.54, 1.807) is 11.1 Å². The molecule has 0 amide bonds. The molecule has 3 rings (SSSR count). The van der Waals surface area contributed by atoms with Crippen molar-refractivity contribution in [2.45, 2.75) is 44.6 Å². The quantitative estimate of drug-likeness (QED) is 0.859. The lowest BCUT2D eigenvalue weighted by Crippen LogP contribution is -2.32. The molecule has 1 aliphatic carbocycles. The Labute approximate surface area is 126 Å². The van der Waals surface area contributed by atoms with Crippen molar-refractivity contribution in [2.24, 2.45) is 0 Å². The summed E-state index contributed by atoms with van der Waals surface area (Å²) in [5, 5.41) is 5.90. The lowest BCUT2D eigenvalue weighted by molar-refractivity contribution is 0.465. The van der Waals surface area contributed by atoms with E-state index in [1.807, 2.05) is 11.3 Å². The second kappa shape index (κ2) is 6.55. The number of aryl methyl sites for hydroxylation is 1. The van der Waals surface area contributed by atoms with Crippen LogP contribution in [0.2, 0.25) is 0 Å². The summed E-state index contributed by atoms with van der Waals surface area (Å²) < 4.78 is 0. The highest BCUT2D eigenvalue weighted by molar-refractivity contribution is 7.09. The highest BCUT2D eigenvalue weighted by atomic mass is 32.1. The molecule has 2 atom stereocenters. The summed E-state index contributed by atoms with van der Waals surface area (Å²) >= 11 is 1.86. The van der Waals surface area contributed by atoms with E-state index < -0.39 is 0 Å². The second-order valence-electron chi connectivity index (χ2n) is 5.88. The molecule has 106 valence electrons. The predicted octanol–water partition coefficient (Wildman–Crippen LogP) is 4.39. The Morgan fingerprint density at radius 2 is 2.15 bits per heavy atom. The van der Waals surface area contributed by atoms with Crippen LogP contribution in [0.1, 0.15) is 41.7 Å². The third kappa shape index (κ3) is 3.31. The molecule has 0 fully saturated rings. The zero-order valence-electron chi connectivity index (χ0n) is 12.1. The average Bonchev–Trinajstić information content (AvgIpc) is 2.98. The molecule has 1 aromatic carbocycles. The standard InChI is InChI=1S/C18H23NS/c1-14(12-17-9-5-11-20-17)19-13-16-8-4-7-15-6-2-3-10-18(15)16/h2-3,5-6,9-11,14,16,19H,4,7-8,12-13H2,1H3. The normalized spacial score (nSPS) is 19.6. The first-order valence-corrected chi connectivity index (χ1v) is 8.54. The molecule has 20 heavy (non-hydrogen) atoms. The van der Waals surface area contributed by atoms with Gasteiger partial charge >= 0.3 is 0 Å². The molecule has 2 heteroatoms. The molecule has 0 spiro atoms. The lowest BCUT2D eigenvalue weighted by Gasteiger charge is -2.27. The molecular formula is C18H23NS. The Balaban J connectivity index is 1.56. The first-order chi connectivity index (χ1) is 9.83. The first-order valence-electron chi connectivity index (χ1n) is 7.66. The largest absolute Gasteiger partial charge is 0.313 e. The molecule has 2 aromatic rings. The van der Waals surface area contributed by atoms with Gasteiger partial charge in [0.25, 0.3) is 0 Å². The number of nitrogens with one attached hydrogen (secondary N) is 1. The van der Waals surface area contributed by atoms with E-state index in [-0.39, 0.29) is 0 Å². The zero-order valence-corrected chi connectivity index (χ0v) is 13.0. The molecule has 1 heterocycles. The summed E-state index contributed by atoms with van der Waals surface area (Å²) in [7, 11) is 0. The minimum absolute atomic E-state index is 0.558. The Morgan fingerprint density at radius 1 is 1.25 bits per heavy atom. The van der Waals surface area contributed by atoms with Gasteiger partial charge in [0.15, 0.2) is 0 Å². The summed E-state index contributed by atoms with van der Waals surface area (Å²) in [6.45, 7) is 3.41. The van der Waals surface area contributed by atoms with Gasteiger partial charge in [0.05, 0.1) is 0 Å². The van der Waals surface area contributed by atoms with Crippen molar-refractivity contribution in [3.05, 3.63) is 57.8 Å². The van der Waals surface area contributed by atoms with Crippen LogP contribution in [0.4, 0.5) is 0 Å². The maximum atomic E-state index is 3.74. The van der Waals surface area contributed by atoms with Crippen molar-refractivity contribution in [3.8, 4) is 0 Å². The van der Waals surface area contributed by atoms with Gasteiger partial charge in [-0.1, -0.05) is 30.3 Å². The van der Waals surface area contributed by atoms with E-state index in [2.05, 4.69) is 54.0 Å². The fraction of sp³-hybridized carbons (Fsp3) is 0.444. The summed E-state index contributed by atoms with van der Waals surface area (Å²) in [6, 6.07) is 13.9. The molecule has 0 radical (unpaired) electrons. The van der Waals surface area contributed by atoms with E-state index in [4.69, 9.17) is 0 Å². The molecule has 0 bridgehead atoms. The van der Waals surface area contributed by atoms with Crippen LogP contribution in [-0.2, 0) is 12.8 Å². The van der Waals surface area contributed by atoms with E-state index in [0.717, 1.165) is 13.0 Å². The number of thiophene rings is 1. The molecule has 0 saturated carbocycles. The highest BCUT2D eigenvalue weighted by Gasteiger charge is 2.19. The molecule has 1 aromatic heterocycles. The van der Waals surface area contributed by atoms with Crippen LogP contribution >= 0.6 is 11.3 Å². The van der Waals surface area contributed by atoms with Gasteiger partial charge in [-0.3, -0.25) is 0 Å². The van der Waals surface area contributed by atoms with Crippen molar-refractivity contribution in [1.29, 1.82) is 0 Å². The summed E-state index contributed by atoms with van der Waals surface area (Å²) in [6.07, 6.45) is 5.07. The highest BCUT2D eigenvalue weighted by Crippen LogP contribution is 2.30. The van der Waals surface area contributed by atoms with Gasteiger partial charge in [-0.05, 0) is 61.1 Å². The summed E-state index contributed by atoms with van der Waals surface area (Å²) in [4.78, 5) is 1.48. The molecule has 2 unspecified atom stereocenters. The van der Waals surface area contributed by atoms with Crippen LogP contribution in [0.3, 0.4) is 0 Å². The van der Waals surface area contributed by atoms with Gasteiger partial charge < -0.3 is 5.32 Å². The molecular weight excluding hydrogens is 262 g/mol. The van der Waals surface area contributed by atoms with Crippen LogP contribution < -0.4 is 5.32 Å². The third-order valence-electron chi connectivity index (χ3n) is 4.29. The topological polar surface area (TPSA) is 12.0 Å². The lowest BCUT2D eigenvalue weighted by atomic mass is 9.83. The molecule has 1 N–H and O–H groups in total. The molecule has 0 aliphatic heterocycles. The van der Waals surface area contributed by atoms with Crippen molar-refractivity contribution in [1.82, 2.24) is 5.32 Å². The number of hydrogen-bond donors (Lipinski definition) is 1. The van der Waals surface area contributed by atoms with Crippen LogP contribution in [0.25, 0.3) is 0 Å². The van der Waals surface area contributed by atoms with E-state index in [0.29, 0.717) is 12.0 Å². The summed E-state index contributed by atoms with van der Waals surface area (Å²) in [5.41, 5.74) is 3.14. The fourth-order valence-electron chi connectivity index (χ4n) is 3.21. The van der Waals surface area contributed by atoms with E-state index >= 15 is 0 Å². The van der Waals surface area contributed by atoms with Crippen LogP contribution in [0.15, 0.2) is 41.8 Å². The van der Waals surface area contributed by atoms with Crippen molar-refractivity contribution in [3.63, 3.8) is 0 Å². The number of hydrogen-bond acceptors (Lipinski definition) is 2. The van der Waals surface area contributed by atoms with Crippen LogP contribution in [0, 0.1) is 0 Å². The van der Waals surface area contributed by atoms with Crippen molar-refractivity contribution >= 4 is 11.3 Å². The smallest absolute Gasteiger partial charge is 0.00872 e. The summed E-state index contributed by atoms with van der Waals surface area (Å²) in [5.74, 6) is 0.700. The van der Waals surface area contributed by atoms with Gasteiger partial charge in [0, 0.05) is 17.5 Å². The molecule has 0 saturated heterocycles. The van der Waals surface area contributed by atoms with Gasteiger partial charge in [-0.15, -0.1) is 11.3 Å². The number of benzene rings is 1. The predicted molar refractivity (Wildman–Crippen MR) is 87.6 cm³/mol. The molecule has 1 aliphatic rings. The molecule has 1 nitrogen and oxygen atoms in total. The maximum absolute atomic E-state index is 3.74. The fourth-order valence-corrected chi connectivity index (χ4v) is 4.05. The van der Waals surface area contributed by atoms with Crippen molar-refractivity contribution < 1.29 is 0 Å². The Bertz CT molecular complexity index is 532. The third-order valence-corrected chi connectivity index (χ3v) is 5.19. The van der Waals surface area contributed by atoms with Crippen molar-refractivity contribution in [2.75, 3.05) is 6.54 Å². The number of fused-ring (bicyclic) bond motifs is 1. The van der Waals surface area contributed by atoms with Crippen LogP contribution in [-0.4, -0.2) is 12.6 Å². The minimum atomic E-state index is 0.558. The first kappa shape index (κ1) is 13.8. The maximum Gasteiger partial charge on any atom is 0.00872 e. The van der Waals surface area contributed by atoms with E-state index in [1.165, 1.54) is 24.1 Å². The minimum Gasteiger partial charge on any atom is -0.313 e. The Morgan fingerprint density at radius 3 is 3.00 bits per heavy atom. The zero-order chi connectivity index (χ0) is 13.8. The Hall–Kier alpha value is -1.12. The van der Waals surface area contributed by atoms with E-state index in [9.17, 15) is 0 Å². The van der Waals surface area contributed by atoms with Gasteiger partial charge in [0.2, 0.25) is 0 Å². The monoisotopic (exact) mass is 285 g/mol. The second-order valence-corrected chi connectivity index (χ2v) is 6.91.